The van der Waals surface area contributed by atoms with Crippen LogP contribution in [0.5, 0.6) is 5.75 Å². The Hall–Kier alpha value is -7.47. The summed E-state index contributed by atoms with van der Waals surface area (Å²) in [6.07, 6.45) is 1.88. The van der Waals surface area contributed by atoms with Gasteiger partial charge in [0.15, 0.2) is 16.9 Å². The van der Waals surface area contributed by atoms with Crippen LogP contribution in [0.3, 0.4) is 0 Å². The molecule has 64 heavy (non-hydrogen) atoms. The van der Waals surface area contributed by atoms with Crippen LogP contribution in [0.1, 0.15) is 26.3 Å². The molecule has 0 aliphatic heterocycles. The van der Waals surface area contributed by atoms with Crippen LogP contribution in [0.4, 0.5) is 0 Å². The van der Waals surface area contributed by atoms with Crippen molar-refractivity contribution >= 4 is 93.4 Å². The largest absolute Gasteiger partial charge is 0.504 e. The maximum absolute atomic E-state index is 12.9. The standard InChI is InChI=1S/C56H36N5O2.Pt/c1-56(2,3)36-28-34(27-35(29-36)38-30-33(25-26-57-38)31-13-5-4-6-14-31)37-16-12-21-44-50(37)58-55-49-48-47-43(61(44)55)24-23-32-15-11-20-42(46(32)47)60-40-18-8-7-17-39(40)59-41-19-9-10-22-45(41)63-54(53(49)62)52(59)51(48)60;/h4-26,28-30,62H,1-3H3;/q-1;. The van der Waals surface area contributed by atoms with E-state index in [4.69, 9.17) is 14.4 Å². The predicted molar refractivity (Wildman–Crippen MR) is 256 cm³/mol. The smallest absolute Gasteiger partial charge is 0.196 e. The molecule has 1 N–H and O–H groups in total. The van der Waals surface area contributed by atoms with Gasteiger partial charge in [0.2, 0.25) is 0 Å². The fourth-order valence-corrected chi connectivity index (χ4v) is 10.5. The van der Waals surface area contributed by atoms with Gasteiger partial charge in [-0.1, -0.05) is 123 Å². The Morgan fingerprint density at radius 2 is 1.25 bits per heavy atom. The van der Waals surface area contributed by atoms with Crippen LogP contribution in [0, 0.1) is 6.07 Å². The molecule has 0 bridgehead atoms. The average Bonchev–Trinajstić information content (AvgIpc) is 3.72. The molecule has 0 amide bonds. The Bertz CT molecular complexity index is 4260. The first-order chi connectivity index (χ1) is 30.8. The Labute approximate surface area is 380 Å². The van der Waals surface area contributed by atoms with Gasteiger partial charge in [0.25, 0.3) is 0 Å². The molecule has 7 nitrogen and oxygen atoms in total. The number of aromatic hydroxyl groups is 1. The van der Waals surface area contributed by atoms with E-state index < -0.39 is 0 Å². The van der Waals surface area contributed by atoms with Gasteiger partial charge < -0.3 is 13.9 Å². The molecular formula is C56H36N5O2Pt-. The molecule has 0 radical (unpaired) electrons. The van der Waals surface area contributed by atoms with Crippen molar-refractivity contribution in [1.82, 2.24) is 23.2 Å². The van der Waals surface area contributed by atoms with Crippen LogP contribution in [0.2, 0.25) is 0 Å². The molecule has 0 saturated carbocycles. The number of imidazole rings is 1. The number of rotatable bonds is 3. The van der Waals surface area contributed by atoms with Crippen molar-refractivity contribution in [3.63, 3.8) is 0 Å². The summed E-state index contributed by atoms with van der Waals surface area (Å²) >= 11 is 0. The number of nitrogens with zero attached hydrogens (tertiary/aromatic N) is 5. The van der Waals surface area contributed by atoms with E-state index in [0.29, 0.717) is 22.2 Å². The molecule has 14 aromatic rings. The van der Waals surface area contributed by atoms with Gasteiger partial charge in [0.1, 0.15) is 11.2 Å². The summed E-state index contributed by atoms with van der Waals surface area (Å²) in [4.78, 5) is 10.5. The van der Waals surface area contributed by atoms with Crippen LogP contribution in [-0.2, 0) is 26.5 Å². The molecule has 308 valence electrons. The number of hydrogen-bond acceptors (Lipinski definition) is 4. The van der Waals surface area contributed by atoms with Crippen LogP contribution >= 0.6 is 0 Å². The average molecular weight is 1010 g/mol. The second-order valence-electron chi connectivity index (χ2n) is 17.9. The first-order valence-electron chi connectivity index (χ1n) is 21.4. The van der Waals surface area contributed by atoms with Gasteiger partial charge in [-0.15, -0.1) is 29.3 Å². The number of fused-ring (bicyclic) bond motifs is 11. The van der Waals surface area contributed by atoms with E-state index in [1.54, 1.807) is 0 Å². The molecule has 0 aliphatic carbocycles. The molecule has 0 saturated heterocycles. The van der Waals surface area contributed by atoms with Gasteiger partial charge in [0.05, 0.1) is 49.5 Å². The zero-order chi connectivity index (χ0) is 41.9. The summed E-state index contributed by atoms with van der Waals surface area (Å²) in [6.45, 7) is 6.73. The van der Waals surface area contributed by atoms with Crippen molar-refractivity contribution in [2.24, 2.45) is 0 Å². The van der Waals surface area contributed by atoms with Crippen molar-refractivity contribution in [2.75, 3.05) is 0 Å². The monoisotopic (exact) mass is 1010 g/mol. The molecular weight excluding hydrogens is 970 g/mol. The van der Waals surface area contributed by atoms with E-state index in [1.807, 2.05) is 30.5 Å². The number of phenols is 1. The molecule has 0 unspecified atom stereocenters. The molecule has 0 spiro atoms. The quantitative estimate of drug-likeness (QED) is 0.109. The maximum atomic E-state index is 12.9. The topological polar surface area (TPSA) is 72.4 Å². The normalized spacial score (nSPS) is 12.5. The number of pyridine rings is 3. The van der Waals surface area contributed by atoms with Gasteiger partial charge in [-0.2, -0.15) is 0 Å². The zero-order valence-electron chi connectivity index (χ0n) is 34.9. The van der Waals surface area contributed by atoms with Crippen molar-refractivity contribution in [3.05, 3.63) is 169 Å². The van der Waals surface area contributed by atoms with Gasteiger partial charge in [-0.3, -0.25) is 13.8 Å². The van der Waals surface area contributed by atoms with Gasteiger partial charge in [0, 0.05) is 49.1 Å². The second-order valence-corrected chi connectivity index (χ2v) is 17.9. The van der Waals surface area contributed by atoms with E-state index in [2.05, 4.69) is 167 Å². The second kappa shape index (κ2) is 13.0. The number of hydrogen-bond donors (Lipinski definition) is 1. The van der Waals surface area contributed by atoms with Crippen LogP contribution in [0.15, 0.2) is 162 Å². The predicted octanol–water partition coefficient (Wildman–Crippen LogP) is 14.1. The van der Waals surface area contributed by atoms with Gasteiger partial charge in [-0.25, -0.2) is 4.98 Å². The molecule has 0 atom stereocenters. The number of aromatic nitrogens is 5. The van der Waals surface area contributed by atoms with Crippen molar-refractivity contribution in [1.29, 1.82) is 0 Å². The third-order valence-corrected chi connectivity index (χ3v) is 13.3. The van der Waals surface area contributed by atoms with Gasteiger partial charge in [-0.05, 0) is 70.5 Å². The molecule has 6 heterocycles. The molecule has 0 fully saturated rings. The van der Waals surface area contributed by atoms with E-state index in [1.165, 1.54) is 5.56 Å². The number of para-hydroxylation sites is 5. The van der Waals surface area contributed by atoms with Crippen molar-refractivity contribution in [3.8, 4) is 39.3 Å². The van der Waals surface area contributed by atoms with Crippen molar-refractivity contribution in [2.45, 2.75) is 26.2 Å². The minimum absolute atomic E-state index is 0. The molecule has 0 aliphatic rings. The van der Waals surface area contributed by atoms with E-state index >= 15 is 0 Å². The summed E-state index contributed by atoms with van der Waals surface area (Å²) < 4.78 is 13.7. The van der Waals surface area contributed by atoms with E-state index in [0.717, 1.165) is 105 Å². The number of phenolic OH excluding ortho intramolecular Hbond substituents is 1. The first-order valence-corrected chi connectivity index (χ1v) is 21.4. The zero-order valence-corrected chi connectivity index (χ0v) is 37.2. The Balaban J connectivity index is 0.00000413. The minimum Gasteiger partial charge on any atom is -0.504 e. The number of benzene rings is 8. The summed E-state index contributed by atoms with van der Waals surface area (Å²) in [7, 11) is 0. The molecule has 8 aromatic carbocycles. The van der Waals surface area contributed by atoms with E-state index in [9.17, 15) is 5.11 Å². The van der Waals surface area contributed by atoms with Crippen molar-refractivity contribution < 1.29 is 30.6 Å². The Morgan fingerprint density at radius 3 is 2.06 bits per heavy atom. The minimum atomic E-state index is -0.161. The third kappa shape index (κ3) is 4.85. The first kappa shape index (κ1) is 37.1. The molecule has 14 rings (SSSR count). The van der Waals surface area contributed by atoms with Crippen LogP contribution < -0.4 is 0 Å². The fourth-order valence-electron chi connectivity index (χ4n) is 10.5. The van der Waals surface area contributed by atoms with Crippen LogP contribution in [-0.4, -0.2) is 28.3 Å². The fraction of sp³-hybridized carbons (Fsp3) is 0.0714. The summed E-state index contributed by atoms with van der Waals surface area (Å²) in [5.74, 6) is 0.0654. The SMILES string of the molecule is CC(C)(C)c1cc(-c2cc(-c3ccccc3)ccn2)[c-]c(-c2cccc3c2nc2c4c(O)c5oc6ccccc6n6c7ccccc7n7c8cccc9ccc(c(c98)c4c7c56)n32)c1.[Pt]. The molecule has 6 aromatic heterocycles. The summed E-state index contributed by atoms with van der Waals surface area (Å²) in [5.41, 5.74) is 17.3. The summed E-state index contributed by atoms with van der Waals surface area (Å²) in [6, 6.07) is 56.9. The van der Waals surface area contributed by atoms with Gasteiger partial charge >= 0.3 is 0 Å². The Kier molecular flexibility index (Phi) is 7.56. The molecule has 8 heteroatoms. The summed E-state index contributed by atoms with van der Waals surface area (Å²) in [5, 5.41) is 17.9. The van der Waals surface area contributed by atoms with Crippen LogP contribution in [0.25, 0.3) is 127 Å². The van der Waals surface area contributed by atoms with E-state index in [-0.39, 0.29) is 32.2 Å². The maximum Gasteiger partial charge on any atom is 0.196 e. The third-order valence-electron chi connectivity index (χ3n) is 13.3. The Morgan fingerprint density at radius 1 is 0.562 bits per heavy atom.